The number of hydrogen-bond donors (Lipinski definition) is 3. The molecule has 3 rings (SSSR count). The fourth-order valence-corrected chi connectivity index (χ4v) is 3.08. The van der Waals surface area contributed by atoms with Crippen LogP contribution >= 0.6 is 11.3 Å². The molecule has 0 atom stereocenters. The maximum atomic E-state index is 12.3. The van der Waals surface area contributed by atoms with Crippen LogP contribution in [0.2, 0.25) is 0 Å². The van der Waals surface area contributed by atoms with E-state index in [4.69, 9.17) is 5.11 Å². The summed E-state index contributed by atoms with van der Waals surface area (Å²) >= 11 is 1.51. The Morgan fingerprint density at radius 2 is 2.22 bits per heavy atom. The van der Waals surface area contributed by atoms with E-state index in [0.29, 0.717) is 5.69 Å². The largest absolute Gasteiger partial charge is 0.480 e. The summed E-state index contributed by atoms with van der Waals surface area (Å²) in [6, 6.07) is 5.15. The third-order valence-electron chi connectivity index (χ3n) is 3.18. The summed E-state index contributed by atoms with van der Waals surface area (Å²) in [4.78, 5) is 41.0. The van der Waals surface area contributed by atoms with E-state index in [1.165, 1.54) is 28.2 Å². The summed E-state index contributed by atoms with van der Waals surface area (Å²) in [7, 11) is 0. The van der Waals surface area contributed by atoms with Gasteiger partial charge in [0.2, 0.25) is 0 Å². The predicted molar refractivity (Wildman–Crippen MR) is 83.8 cm³/mol. The van der Waals surface area contributed by atoms with E-state index in [0.717, 1.165) is 9.75 Å². The van der Waals surface area contributed by atoms with Crippen LogP contribution in [0.1, 0.15) is 15.2 Å². The van der Waals surface area contributed by atoms with Gasteiger partial charge < -0.3 is 10.4 Å². The number of hydrogen-bond acceptors (Lipinski definition) is 5. The standard InChI is InChI=1S/C14H12N4O4S/c1-7-2-3-10(23-7)8-4-9(19)12(13-16-6-17-18(8)13)14(22)15-5-11(20)21/h2-4,6H,5H2,1H3,(H,15,22)(H,16,17)(H,20,21). The summed E-state index contributed by atoms with van der Waals surface area (Å²) < 4.78 is 1.53. The van der Waals surface area contributed by atoms with Crippen molar-refractivity contribution in [2.45, 2.75) is 6.92 Å². The van der Waals surface area contributed by atoms with E-state index in [9.17, 15) is 14.4 Å². The first-order valence-corrected chi connectivity index (χ1v) is 7.45. The average Bonchev–Trinajstić information content (AvgIpc) is 3.12. The number of nitrogens with zero attached hydrogens (tertiary/aromatic N) is 2. The summed E-state index contributed by atoms with van der Waals surface area (Å²) in [6.07, 6.45) is 1.37. The highest BCUT2D eigenvalue weighted by Crippen LogP contribution is 2.27. The molecule has 3 aromatic heterocycles. The second kappa shape index (κ2) is 5.69. The zero-order valence-corrected chi connectivity index (χ0v) is 12.8. The molecule has 3 aromatic rings. The van der Waals surface area contributed by atoms with Crippen molar-refractivity contribution in [3.63, 3.8) is 0 Å². The molecule has 3 heterocycles. The molecule has 0 unspecified atom stereocenters. The average molecular weight is 332 g/mol. The van der Waals surface area contributed by atoms with Crippen LogP contribution in [0.3, 0.4) is 0 Å². The van der Waals surface area contributed by atoms with Gasteiger partial charge in [0.1, 0.15) is 18.4 Å². The number of carboxylic acid groups (broad SMARTS) is 1. The molecular formula is C14H12N4O4S. The van der Waals surface area contributed by atoms with Crippen LogP contribution in [-0.2, 0) is 4.79 Å². The summed E-state index contributed by atoms with van der Waals surface area (Å²) in [5.74, 6) is -1.96. The predicted octanol–water partition coefficient (Wildman–Crippen LogP) is 0.874. The summed E-state index contributed by atoms with van der Waals surface area (Å²) in [6.45, 7) is 1.38. The van der Waals surface area contributed by atoms with Gasteiger partial charge in [0.15, 0.2) is 11.1 Å². The molecule has 8 nitrogen and oxygen atoms in total. The molecule has 0 fully saturated rings. The zero-order valence-electron chi connectivity index (χ0n) is 12.0. The molecule has 3 N–H and O–H groups in total. The lowest BCUT2D eigenvalue weighted by Crippen LogP contribution is -2.33. The number of aromatic nitrogens is 3. The van der Waals surface area contributed by atoms with E-state index in [1.54, 1.807) is 0 Å². The van der Waals surface area contributed by atoms with E-state index >= 15 is 0 Å². The number of thiophene rings is 1. The first-order valence-electron chi connectivity index (χ1n) is 6.63. The third kappa shape index (κ3) is 2.73. The van der Waals surface area contributed by atoms with Crippen LogP contribution in [0.4, 0.5) is 0 Å². The number of pyridine rings is 1. The van der Waals surface area contributed by atoms with Gasteiger partial charge in [0.25, 0.3) is 5.91 Å². The minimum Gasteiger partial charge on any atom is -0.480 e. The number of carbonyl (C=O) groups is 2. The number of carbonyl (C=O) groups excluding carboxylic acids is 1. The van der Waals surface area contributed by atoms with Crippen molar-refractivity contribution in [2.24, 2.45) is 0 Å². The number of rotatable bonds is 4. The van der Waals surface area contributed by atoms with E-state index in [2.05, 4.69) is 15.4 Å². The van der Waals surface area contributed by atoms with Gasteiger partial charge in [-0.1, -0.05) is 0 Å². The minimum atomic E-state index is -1.19. The normalized spacial score (nSPS) is 10.8. The van der Waals surface area contributed by atoms with Gasteiger partial charge in [0, 0.05) is 10.9 Å². The zero-order chi connectivity index (χ0) is 16.6. The van der Waals surface area contributed by atoms with Crippen LogP contribution < -0.4 is 10.7 Å². The SMILES string of the molecule is Cc1ccc(-c2cc(=O)c(C(=O)NCC(=O)O)c3nc[nH]n23)s1. The van der Waals surface area contributed by atoms with Crippen LogP contribution in [-0.4, -0.2) is 38.1 Å². The monoisotopic (exact) mass is 332 g/mol. The minimum absolute atomic E-state index is 0.154. The maximum Gasteiger partial charge on any atom is 0.322 e. The fraction of sp³-hybridized carbons (Fsp3) is 0.143. The Balaban J connectivity index is 2.14. The van der Waals surface area contributed by atoms with Crippen molar-refractivity contribution in [3.8, 4) is 10.6 Å². The molecule has 0 aliphatic heterocycles. The van der Waals surface area contributed by atoms with E-state index < -0.39 is 23.9 Å². The lowest BCUT2D eigenvalue weighted by Gasteiger charge is -2.07. The van der Waals surface area contributed by atoms with Crippen molar-refractivity contribution < 1.29 is 14.7 Å². The van der Waals surface area contributed by atoms with Gasteiger partial charge in [-0.15, -0.1) is 11.3 Å². The summed E-state index contributed by atoms with van der Waals surface area (Å²) in [5, 5.41) is 13.7. The highest BCUT2D eigenvalue weighted by atomic mass is 32.1. The lowest BCUT2D eigenvalue weighted by atomic mass is 10.2. The number of carboxylic acids is 1. The molecule has 0 aliphatic carbocycles. The molecule has 0 saturated heterocycles. The number of fused-ring (bicyclic) bond motifs is 1. The Kier molecular flexibility index (Phi) is 3.70. The quantitative estimate of drug-likeness (QED) is 0.655. The first-order chi connectivity index (χ1) is 11.0. The molecule has 118 valence electrons. The van der Waals surface area contributed by atoms with E-state index in [1.807, 2.05) is 19.1 Å². The van der Waals surface area contributed by atoms with Crippen molar-refractivity contribution in [1.82, 2.24) is 19.9 Å². The molecule has 0 saturated carbocycles. The van der Waals surface area contributed by atoms with Crippen molar-refractivity contribution >= 4 is 28.9 Å². The Hall–Kier alpha value is -2.94. The number of aromatic amines is 1. The molecule has 0 bridgehead atoms. The molecular weight excluding hydrogens is 320 g/mol. The third-order valence-corrected chi connectivity index (χ3v) is 4.21. The Morgan fingerprint density at radius 3 is 2.87 bits per heavy atom. The van der Waals surface area contributed by atoms with Gasteiger partial charge in [-0.05, 0) is 19.1 Å². The Labute approximate surface area is 133 Å². The van der Waals surface area contributed by atoms with Gasteiger partial charge in [-0.3, -0.25) is 19.5 Å². The first kappa shape index (κ1) is 15.0. The number of H-pyrrole nitrogens is 1. The van der Waals surface area contributed by atoms with Gasteiger partial charge in [-0.2, -0.15) is 0 Å². The van der Waals surface area contributed by atoms with Gasteiger partial charge >= 0.3 is 5.97 Å². The second-order valence-electron chi connectivity index (χ2n) is 4.80. The number of amides is 1. The molecule has 23 heavy (non-hydrogen) atoms. The van der Waals surface area contributed by atoms with Crippen LogP contribution in [0.15, 0.2) is 29.3 Å². The number of nitrogens with one attached hydrogen (secondary N) is 2. The Bertz CT molecular complexity index is 969. The topological polar surface area (TPSA) is 117 Å². The van der Waals surface area contributed by atoms with Crippen molar-refractivity contribution in [1.29, 1.82) is 0 Å². The smallest absolute Gasteiger partial charge is 0.322 e. The Morgan fingerprint density at radius 1 is 1.43 bits per heavy atom. The molecule has 0 aliphatic rings. The van der Waals surface area contributed by atoms with Crippen LogP contribution in [0.5, 0.6) is 0 Å². The molecule has 9 heteroatoms. The lowest BCUT2D eigenvalue weighted by molar-refractivity contribution is -0.135. The number of aryl methyl sites for hydroxylation is 1. The molecule has 0 aromatic carbocycles. The van der Waals surface area contributed by atoms with Gasteiger partial charge in [-0.25, -0.2) is 9.50 Å². The van der Waals surface area contributed by atoms with Crippen LogP contribution in [0, 0.1) is 6.92 Å². The summed E-state index contributed by atoms with van der Waals surface area (Å²) in [5.41, 5.74) is 0.0439. The van der Waals surface area contributed by atoms with Gasteiger partial charge in [0.05, 0.1) is 10.6 Å². The molecule has 0 spiro atoms. The highest BCUT2D eigenvalue weighted by molar-refractivity contribution is 7.15. The number of aliphatic carboxylic acids is 1. The van der Waals surface area contributed by atoms with Crippen LogP contribution in [0.25, 0.3) is 16.2 Å². The van der Waals surface area contributed by atoms with Crippen molar-refractivity contribution in [3.05, 3.63) is 45.2 Å². The second-order valence-corrected chi connectivity index (χ2v) is 6.09. The van der Waals surface area contributed by atoms with Crippen molar-refractivity contribution in [2.75, 3.05) is 6.54 Å². The van der Waals surface area contributed by atoms with E-state index in [-0.39, 0.29) is 11.2 Å². The molecule has 0 radical (unpaired) electrons. The fourth-order valence-electron chi connectivity index (χ4n) is 2.21. The maximum absolute atomic E-state index is 12.3. The highest BCUT2D eigenvalue weighted by Gasteiger charge is 2.20. The molecule has 1 amide bonds.